The Hall–Kier alpha value is -2.19. The first-order valence-corrected chi connectivity index (χ1v) is 14.5. The molecule has 2 aromatic rings. The van der Waals surface area contributed by atoms with E-state index in [1.807, 2.05) is 0 Å². The van der Waals surface area contributed by atoms with Crippen LogP contribution in [0, 0.1) is 0 Å². The molecule has 13 heteroatoms. The van der Waals surface area contributed by atoms with Gasteiger partial charge in [0.1, 0.15) is 18.9 Å². The molecule has 0 aliphatic carbocycles. The summed E-state index contributed by atoms with van der Waals surface area (Å²) >= 11 is 3.29. The van der Waals surface area contributed by atoms with E-state index in [1.165, 1.54) is 16.4 Å². The number of sulfonamides is 2. The molecule has 0 saturated carbocycles. The minimum atomic E-state index is -3.67. The highest BCUT2D eigenvalue weighted by molar-refractivity contribution is 9.10. The first-order valence-electron chi connectivity index (χ1n) is 10.4. The summed E-state index contributed by atoms with van der Waals surface area (Å²) in [5, 5.41) is 2.62. The maximum absolute atomic E-state index is 12.6. The van der Waals surface area contributed by atoms with Crippen LogP contribution in [0.5, 0.6) is 5.75 Å². The summed E-state index contributed by atoms with van der Waals surface area (Å²) in [5.74, 6) is -0.0389. The lowest BCUT2D eigenvalue weighted by atomic mass is 10.3. The third-order valence-electron chi connectivity index (χ3n) is 4.91. The quantitative estimate of drug-likeness (QED) is 0.425. The average molecular weight is 576 g/mol. The highest BCUT2D eigenvalue weighted by atomic mass is 79.9. The monoisotopic (exact) mass is 575 g/mol. The van der Waals surface area contributed by atoms with Gasteiger partial charge in [0, 0.05) is 17.6 Å². The number of rotatable bonds is 10. The third-order valence-corrected chi connectivity index (χ3v) is 8.45. The molecule has 10 nitrogen and oxygen atoms in total. The Bertz CT molecular complexity index is 1200. The van der Waals surface area contributed by atoms with Crippen LogP contribution in [0.15, 0.2) is 57.9 Å². The average Bonchev–Trinajstić information content (AvgIpc) is 2.80. The van der Waals surface area contributed by atoms with Gasteiger partial charge in [-0.1, -0.05) is 22.0 Å². The van der Waals surface area contributed by atoms with Crippen LogP contribution in [0.2, 0.25) is 0 Å². The number of carbonyl (C=O) groups excluding carboxylic acids is 1. The molecule has 1 heterocycles. The summed E-state index contributed by atoms with van der Waals surface area (Å²) in [7, 11) is -7.25. The van der Waals surface area contributed by atoms with Crippen molar-refractivity contribution in [2.75, 3.05) is 56.6 Å². The lowest BCUT2D eigenvalue weighted by Crippen LogP contribution is -2.41. The molecule has 0 bridgehead atoms. The zero-order valence-electron chi connectivity index (χ0n) is 18.5. The highest BCUT2D eigenvalue weighted by Crippen LogP contribution is 2.22. The number of benzene rings is 2. The molecule has 1 N–H and O–H groups in total. The van der Waals surface area contributed by atoms with E-state index in [4.69, 9.17) is 9.47 Å². The van der Waals surface area contributed by atoms with Gasteiger partial charge in [0.05, 0.1) is 36.6 Å². The van der Waals surface area contributed by atoms with Crippen molar-refractivity contribution in [3.63, 3.8) is 0 Å². The molecule has 0 atom stereocenters. The predicted molar refractivity (Wildman–Crippen MR) is 131 cm³/mol. The molecule has 1 fully saturated rings. The first kappa shape index (κ1) is 26.4. The van der Waals surface area contributed by atoms with Crippen molar-refractivity contribution >= 4 is 47.6 Å². The van der Waals surface area contributed by atoms with E-state index in [0.29, 0.717) is 42.2 Å². The van der Waals surface area contributed by atoms with E-state index in [0.717, 1.165) is 10.6 Å². The fraction of sp³-hybridized carbons (Fsp3) is 0.381. The minimum Gasteiger partial charge on any atom is -0.492 e. The molecule has 2 aromatic carbocycles. The number of anilines is 1. The molecule has 1 saturated heterocycles. The number of nitrogens with one attached hydrogen (secondary N) is 1. The normalized spacial score (nSPS) is 15.0. The van der Waals surface area contributed by atoms with Crippen molar-refractivity contribution in [2.45, 2.75) is 4.90 Å². The molecule has 1 aliphatic heterocycles. The van der Waals surface area contributed by atoms with Crippen LogP contribution >= 0.6 is 15.9 Å². The number of nitrogens with zero attached hydrogens (tertiary/aromatic N) is 2. The summed E-state index contributed by atoms with van der Waals surface area (Å²) in [6.45, 7) is 1.27. The molecule has 0 unspecified atom stereocenters. The Labute approximate surface area is 208 Å². The molecule has 0 spiro atoms. The molecule has 3 rings (SSSR count). The number of hydrogen-bond acceptors (Lipinski definition) is 7. The maximum atomic E-state index is 12.6. The van der Waals surface area contributed by atoms with Gasteiger partial charge in [0.25, 0.3) is 0 Å². The number of morpholine rings is 1. The topological polar surface area (TPSA) is 122 Å². The highest BCUT2D eigenvalue weighted by Gasteiger charge is 2.26. The van der Waals surface area contributed by atoms with Crippen LogP contribution < -0.4 is 14.4 Å². The molecule has 186 valence electrons. The summed E-state index contributed by atoms with van der Waals surface area (Å²) in [5.41, 5.74) is 0.371. The summed E-state index contributed by atoms with van der Waals surface area (Å²) in [4.78, 5) is 12.5. The predicted octanol–water partition coefficient (Wildman–Crippen LogP) is 1.43. The minimum absolute atomic E-state index is 0.122. The molecule has 1 aliphatic rings. The van der Waals surface area contributed by atoms with E-state index in [1.54, 1.807) is 36.4 Å². The van der Waals surface area contributed by atoms with Crippen molar-refractivity contribution in [2.24, 2.45) is 0 Å². The summed E-state index contributed by atoms with van der Waals surface area (Å²) in [6, 6.07) is 12.7. The zero-order valence-corrected chi connectivity index (χ0v) is 21.7. The van der Waals surface area contributed by atoms with Crippen LogP contribution in [0.1, 0.15) is 0 Å². The number of ether oxygens (including phenoxy) is 2. The standard InChI is InChI=1S/C21H26BrN3O7S2/c1-33(27,28)25(18-4-2-3-17(22)15-18)16-21(26)23-9-12-32-19-5-7-20(8-6-19)34(29,30)24-10-13-31-14-11-24/h2-8,15H,9-14,16H2,1H3,(H,23,26). The number of carbonyl (C=O) groups is 1. The van der Waals surface area contributed by atoms with Gasteiger partial charge in [0.2, 0.25) is 26.0 Å². The number of halogens is 1. The van der Waals surface area contributed by atoms with Crippen LogP contribution in [0.4, 0.5) is 5.69 Å². The fourth-order valence-corrected chi connectivity index (χ4v) is 5.86. The van der Waals surface area contributed by atoms with Crippen molar-refractivity contribution in [3.05, 3.63) is 53.0 Å². The number of hydrogen-bond donors (Lipinski definition) is 1. The largest absolute Gasteiger partial charge is 0.492 e. The lowest BCUT2D eigenvalue weighted by molar-refractivity contribution is -0.119. The Morgan fingerprint density at radius 1 is 1.12 bits per heavy atom. The second-order valence-electron chi connectivity index (χ2n) is 7.44. The molecule has 34 heavy (non-hydrogen) atoms. The second-order valence-corrected chi connectivity index (χ2v) is 12.2. The van der Waals surface area contributed by atoms with Gasteiger partial charge in [-0.3, -0.25) is 9.10 Å². The zero-order chi connectivity index (χ0) is 24.8. The maximum Gasteiger partial charge on any atom is 0.243 e. The SMILES string of the molecule is CS(=O)(=O)N(CC(=O)NCCOc1ccc(S(=O)(=O)N2CCOCC2)cc1)c1cccc(Br)c1. The van der Waals surface area contributed by atoms with E-state index in [9.17, 15) is 21.6 Å². The fourth-order valence-electron chi connectivity index (χ4n) is 3.22. The van der Waals surface area contributed by atoms with Gasteiger partial charge in [-0.25, -0.2) is 16.8 Å². The number of amides is 1. The van der Waals surface area contributed by atoms with Crippen molar-refractivity contribution in [1.29, 1.82) is 0 Å². The van der Waals surface area contributed by atoms with E-state index >= 15 is 0 Å². The van der Waals surface area contributed by atoms with Crippen molar-refractivity contribution in [3.8, 4) is 5.75 Å². The molecule has 1 amide bonds. The Balaban J connectivity index is 1.49. The molecular weight excluding hydrogens is 550 g/mol. The van der Waals surface area contributed by atoms with Crippen LogP contribution in [-0.4, -0.2) is 79.3 Å². The van der Waals surface area contributed by atoms with E-state index in [-0.39, 0.29) is 24.6 Å². The smallest absolute Gasteiger partial charge is 0.243 e. The third kappa shape index (κ3) is 7.15. The van der Waals surface area contributed by atoms with Gasteiger partial charge < -0.3 is 14.8 Å². The van der Waals surface area contributed by atoms with Gasteiger partial charge in [0.15, 0.2) is 0 Å². The van der Waals surface area contributed by atoms with Gasteiger partial charge in [-0.2, -0.15) is 4.31 Å². The van der Waals surface area contributed by atoms with Gasteiger partial charge in [-0.15, -0.1) is 0 Å². The molecular formula is C21H26BrN3O7S2. The first-order chi connectivity index (χ1) is 16.1. The van der Waals surface area contributed by atoms with Gasteiger partial charge in [-0.05, 0) is 42.5 Å². The Morgan fingerprint density at radius 3 is 2.41 bits per heavy atom. The van der Waals surface area contributed by atoms with E-state index in [2.05, 4.69) is 21.2 Å². The Morgan fingerprint density at radius 2 is 1.79 bits per heavy atom. The molecule has 0 radical (unpaired) electrons. The van der Waals surface area contributed by atoms with Crippen LogP contribution in [0.3, 0.4) is 0 Å². The summed E-state index contributed by atoms with van der Waals surface area (Å²) < 4.78 is 63.4. The van der Waals surface area contributed by atoms with Crippen LogP contribution in [0.25, 0.3) is 0 Å². The van der Waals surface area contributed by atoms with Crippen LogP contribution in [-0.2, 0) is 29.6 Å². The second kappa shape index (κ2) is 11.5. The van der Waals surface area contributed by atoms with E-state index < -0.39 is 26.0 Å². The lowest BCUT2D eigenvalue weighted by Gasteiger charge is -2.26. The molecule has 0 aromatic heterocycles. The van der Waals surface area contributed by atoms with Crippen molar-refractivity contribution < 1.29 is 31.1 Å². The van der Waals surface area contributed by atoms with Crippen molar-refractivity contribution in [1.82, 2.24) is 9.62 Å². The summed E-state index contributed by atoms with van der Waals surface area (Å²) in [6.07, 6.45) is 1.03. The van der Waals surface area contributed by atoms with Gasteiger partial charge >= 0.3 is 0 Å². The Kier molecular flexibility index (Phi) is 8.93.